The summed E-state index contributed by atoms with van der Waals surface area (Å²) in [4.78, 5) is 12.1. The molecule has 0 spiro atoms. The van der Waals surface area contributed by atoms with Crippen molar-refractivity contribution >= 4 is 16.9 Å². The third-order valence-corrected chi connectivity index (χ3v) is 6.92. The SMILES string of the molecule is CCOC.CCOC(=O)Cc1ccccc1OCc1cc(-c2cccc(CN)c2)c2oc(COCCOCCOCCOC)cc2c1. The first-order valence-electron chi connectivity index (χ1n) is 15.9. The summed E-state index contributed by atoms with van der Waals surface area (Å²) in [6.07, 6.45) is 0.151. The molecule has 4 rings (SSSR count). The molecule has 2 N–H and O–H groups in total. The molecule has 0 saturated carbocycles. The molecule has 0 bridgehead atoms. The number of carbonyl (C=O) groups excluding carboxylic acids is 1. The molecule has 0 atom stereocenters. The lowest BCUT2D eigenvalue weighted by Gasteiger charge is -2.13. The lowest BCUT2D eigenvalue weighted by Crippen LogP contribution is -2.11. The lowest BCUT2D eigenvalue weighted by molar-refractivity contribution is -0.142. The average molecular weight is 652 g/mol. The molecular weight excluding hydrogens is 602 g/mol. The summed E-state index contributed by atoms with van der Waals surface area (Å²) >= 11 is 0. The molecular formula is C37H49NO9. The third-order valence-electron chi connectivity index (χ3n) is 6.92. The molecule has 1 aromatic heterocycles. The molecule has 0 amide bonds. The maximum absolute atomic E-state index is 12.1. The normalized spacial score (nSPS) is 10.9. The van der Waals surface area contributed by atoms with E-state index in [1.54, 1.807) is 21.1 Å². The first-order chi connectivity index (χ1) is 23.0. The summed E-state index contributed by atoms with van der Waals surface area (Å²) in [5.41, 5.74) is 11.4. The standard InChI is InChI=1S/C34H41NO8.C3H8O/c1-3-41-33(36)21-28-8-4-5-10-32(28)42-23-26-18-29-20-30(24-40-16-15-39-14-13-38-12-11-37-2)43-34(29)31(19-26)27-9-6-7-25(17-27)22-35;1-3-4-2/h4-10,17-20H,3,11-16,21-24,35H2,1-2H3;3H2,1-2H3. The van der Waals surface area contributed by atoms with E-state index in [1.165, 1.54) is 0 Å². The largest absolute Gasteiger partial charge is 0.489 e. The van der Waals surface area contributed by atoms with Gasteiger partial charge in [0.1, 0.15) is 30.3 Å². The lowest BCUT2D eigenvalue weighted by atomic mass is 9.99. The van der Waals surface area contributed by atoms with E-state index >= 15 is 0 Å². The van der Waals surface area contributed by atoms with Crippen molar-refractivity contribution in [1.29, 1.82) is 0 Å². The second kappa shape index (κ2) is 21.9. The summed E-state index contributed by atoms with van der Waals surface area (Å²) in [7, 11) is 3.32. The van der Waals surface area contributed by atoms with Crippen LogP contribution in [0.1, 0.15) is 36.3 Å². The summed E-state index contributed by atoms with van der Waals surface area (Å²) in [6, 6.07) is 21.8. The Labute approximate surface area is 278 Å². The van der Waals surface area contributed by atoms with E-state index in [0.717, 1.165) is 45.4 Å². The maximum Gasteiger partial charge on any atom is 0.310 e. The zero-order valence-corrected chi connectivity index (χ0v) is 28.1. The molecule has 0 fully saturated rings. The van der Waals surface area contributed by atoms with Gasteiger partial charge in [0.15, 0.2) is 0 Å². The second-order valence-corrected chi connectivity index (χ2v) is 10.4. The topological polar surface area (TPSA) is 121 Å². The average Bonchev–Trinajstić information content (AvgIpc) is 3.51. The number of esters is 1. The first-order valence-corrected chi connectivity index (χ1v) is 15.9. The number of hydrogen-bond acceptors (Lipinski definition) is 10. The zero-order chi connectivity index (χ0) is 33.7. The molecule has 47 heavy (non-hydrogen) atoms. The molecule has 3 aromatic carbocycles. The van der Waals surface area contributed by atoms with E-state index in [0.29, 0.717) is 77.5 Å². The Morgan fingerprint density at radius 1 is 0.745 bits per heavy atom. The van der Waals surface area contributed by atoms with Crippen LogP contribution in [-0.2, 0) is 59.4 Å². The number of nitrogens with two attached hydrogens (primary N) is 1. The molecule has 0 aliphatic carbocycles. The van der Waals surface area contributed by atoms with Crippen LogP contribution in [0.25, 0.3) is 22.1 Å². The second-order valence-electron chi connectivity index (χ2n) is 10.4. The maximum atomic E-state index is 12.1. The Morgan fingerprint density at radius 3 is 2.17 bits per heavy atom. The number of fused-ring (bicyclic) bond motifs is 1. The van der Waals surface area contributed by atoms with Gasteiger partial charge >= 0.3 is 5.97 Å². The number of benzene rings is 3. The van der Waals surface area contributed by atoms with Crippen molar-refractivity contribution in [3.05, 3.63) is 89.2 Å². The van der Waals surface area contributed by atoms with E-state index in [-0.39, 0.29) is 12.4 Å². The minimum absolute atomic E-state index is 0.151. The van der Waals surface area contributed by atoms with Crippen molar-refractivity contribution in [3.63, 3.8) is 0 Å². The number of methoxy groups -OCH3 is 2. The minimum atomic E-state index is -0.284. The van der Waals surface area contributed by atoms with E-state index in [1.807, 2.05) is 55.5 Å². The fourth-order valence-corrected chi connectivity index (χ4v) is 4.58. The summed E-state index contributed by atoms with van der Waals surface area (Å²) in [5, 5.41) is 0.942. The molecule has 10 nitrogen and oxygen atoms in total. The molecule has 0 aliphatic rings. The van der Waals surface area contributed by atoms with Crippen molar-refractivity contribution in [2.24, 2.45) is 5.73 Å². The van der Waals surface area contributed by atoms with Gasteiger partial charge in [-0.25, -0.2) is 0 Å². The summed E-state index contributed by atoms with van der Waals surface area (Å²) < 4.78 is 43.9. The van der Waals surface area contributed by atoms with Crippen LogP contribution in [0.3, 0.4) is 0 Å². The Bertz CT molecular complexity index is 1470. The summed E-state index contributed by atoms with van der Waals surface area (Å²) in [5.74, 6) is 1.08. The van der Waals surface area contributed by atoms with Gasteiger partial charge < -0.3 is 43.3 Å². The van der Waals surface area contributed by atoms with E-state index in [4.69, 9.17) is 38.6 Å². The van der Waals surface area contributed by atoms with Gasteiger partial charge in [0.05, 0.1) is 52.7 Å². The highest BCUT2D eigenvalue weighted by atomic mass is 16.6. The van der Waals surface area contributed by atoms with E-state index in [2.05, 4.69) is 22.9 Å². The highest BCUT2D eigenvalue weighted by molar-refractivity contribution is 5.93. The molecule has 10 heteroatoms. The molecule has 4 aromatic rings. The zero-order valence-electron chi connectivity index (χ0n) is 28.1. The number of rotatable bonds is 20. The van der Waals surface area contributed by atoms with Crippen LogP contribution in [0.4, 0.5) is 0 Å². The van der Waals surface area contributed by atoms with Crippen LogP contribution in [0.2, 0.25) is 0 Å². The van der Waals surface area contributed by atoms with E-state index in [9.17, 15) is 4.79 Å². The van der Waals surface area contributed by atoms with Gasteiger partial charge in [-0.05, 0) is 60.9 Å². The molecule has 0 aliphatic heterocycles. The molecule has 0 unspecified atom stereocenters. The number of carbonyl (C=O) groups is 1. The predicted octanol–water partition coefficient (Wildman–Crippen LogP) is 6.09. The Balaban J connectivity index is 0.00000142. The van der Waals surface area contributed by atoms with Gasteiger partial charge in [0.25, 0.3) is 0 Å². The van der Waals surface area contributed by atoms with Crippen molar-refractivity contribution < 1.29 is 42.4 Å². The highest BCUT2D eigenvalue weighted by Crippen LogP contribution is 2.34. The van der Waals surface area contributed by atoms with Gasteiger partial charge in [0.2, 0.25) is 0 Å². The Morgan fingerprint density at radius 2 is 1.47 bits per heavy atom. The van der Waals surface area contributed by atoms with Crippen molar-refractivity contribution in [2.75, 3.05) is 67.1 Å². The fourth-order valence-electron chi connectivity index (χ4n) is 4.58. The molecule has 0 saturated heterocycles. The van der Waals surface area contributed by atoms with Gasteiger partial charge in [-0.3, -0.25) is 4.79 Å². The number of ether oxygens (including phenoxy) is 7. The summed E-state index contributed by atoms with van der Waals surface area (Å²) in [6.45, 7) is 9.02. The van der Waals surface area contributed by atoms with Gasteiger partial charge in [0, 0.05) is 43.9 Å². The Hall–Kier alpha value is -3.77. The van der Waals surface area contributed by atoms with Gasteiger partial charge in [-0.15, -0.1) is 0 Å². The van der Waals surface area contributed by atoms with Crippen LogP contribution in [0, 0.1) is 0 Å². The number of hydrogen-bond donors (Lipinski definition) is 1. The smallest absolute Gasteiger partial charge is 0.310 e. The van der Waals surface area contributed by atoms with Gasteiger partial charge in [-0.1, -0.05) is 36.4 Å². The Kier molecular flexibility index (Phi) is 17.6. The van der Waals surface area contributed by atoms with Crippen LogP contribution in [0.15, 0.2) is 71.1 Å². The fraction of sp³-hybridized carbons (Fsp3) is 0.432. The van der Waals surface area contributed by atoms with Crippen molar-refractivity contribution in [3.8, 4) is 16.9 Å². The van der Waals surface area contributed by atoms with Crippen LogP contribution < -0.4 is 10.5 Å². The van der Waals surface area contributed by atoms with Gasteiger partial charge in [-0.2, -0.15) is 0 Å². The van der Waals surface area contributed by atoms with E-state index < -0.39 is 0 Å². The van der Waals surface area contributed by atoms with Crippen LogP contribution in [-0.4, -0.2) is 73.0 Å². The van der Waals surface area contributed by atoms with Crippen molar-refractivity contribution in [1.82, 2.24) is 0 Å². The highest BCUT2D eigenvalue weighted by Gasteiger charge is 2.15. The van der Waals surface area contributed by atoms with Crippen LogP contribution in [0.5, 0.6) is 5.75 Å². The molecule has 256 valence electrons. The monoisotopic (exact) mass is 651 g/mol. The third kappa shape index (κ3) is 13.1. The minimum Gasteiger partial charge on any atom is -0.489 e. The van der Waals surface area contributed by atoms with Crippen LogP contribution >= 0.6 is 0 Å². The quantitative estimate of drug-likeness (QED) is 0.0888. The molecule has 1 heterocycles. The first kappa shape index (κ1) is 37.7. The number of furan rings is 1. The predicted molar refractivity (Wildman–Crippen MR) is 181 cm³/mol. The molecule has 0 radical (unpaired) electrons. The number of para-hydroxylation sites is 1. The van der Waals surface area contributed by atoms with Crippen molar-refractivity contribution in [2.45, 2.75) is 40.0 Å².